The van der Waals surface area contributed by atoms with Crippen LogP contribution in [0.15, 0.2) is 28.4 Å². The molecule has 0 saturated carbocycles. The zero-order chi connectivity index (χ0) is 18.1. The number of nitrogens with zero attached hydrogens (tertiary/aromatic N) is 4. The molecule has 0 aliphatic carbocycles. The van der Waals surface area contributed by atoms with E-state index in [9.17, 15) is 0 Å². The number of hydrogen-bond acceptors (Lipinski definition) is 7. The third-order valence-electron chi connectivity index (χ3n) is 5.10. The summed E-state index contributed by atoms with van der Waals surface area (Å²) >= 11 is 13.5. The molecule has 4 heterocycles. The molecule has 0 amide bonds. The summed E-state index contributed by atoms with van der Waals surface area (Å²) in [7, 11) is 0. The smallest absolute Gasteiger partial charge is 0.158 e. The number of nitrogen functional groups attached to an aromatic ring is 1. The molecule has 0 bridgehead atoms. The van der Waals surface area contributed by atoms with Crippen LogP contribution in [0, 0.1) is 5.41 Å². The third kappa shape index (κ3) is 3.58. The summed E-state index contributed by atoms with van der Waals surface area (Å²) in [6.45, 7) is 3.69. The summed E-state index contributed by atoms with van der Waals surface area (Å²) < 4.78 is 5.59. The molecule has 6 nitrogen and oxygen atoms in total. The standard InChI is InChI=1S/C17H19Cl2N5OS/c18-13-11(1-5-21-14(13)19)26-16-15(20)23-12(9-22-16)24-6-2-17(3-7-24)4-8-25-10-17/h1,5,9H,2-4,6-8,10H2,(H2,20,23). The van der Waals surface area contributed by atoms with Gasteiger partial charge in [0.15, 0.2) is 5.82 Å². The molecule has 2 aliphatic rings. The first-order valence-electron chi connectivity index (χ1n) is 8.49. The zero-order valence-electron chi connectivity index (χ0n) is 14.1. The Balaban J connectivity index is 1.47. The van der Waals surface area contributed by atoms with E-state index in [4.69, 9.17) is 33.7 Å². The highest BCUT2D eigenvalue weighted by Crippen LogP contribution is 2.41. The van der Waals surface area contributed by atoms with Gasteiger partial charge in [0.2, 0.25) is 0 Å². The Hall–Kier alpha value is -1.28. The van der Waals surface area contributed by atoms with E-state index >= 15 is 0 Å². The molecule has 2 saturated heterocycles. The maximum atomic E-state index is 6.19. The maximum Gasteiger partial charge on any atom is 0.158 e. The van der Waals surface area contributed by atoms with Gasteiger partial charge in [-0.15, -0.1) is 0 Å². The highest BCUT2D eigenvalue weighted by atomic mass is 35.5. The third-order valence-corrected chi connectivity index (χ3v) is 7.05. The Morgan fingerprint density at radius 2 is 2.00 bits per heavy atom. The second-order valence-corrected chi connectivity index (χ2v) is 8.49. The van der Waals surface area contributed by atoms with E-state index in [-0.39, 0.29) is 5.15 Å². The molecule has 1 spiro atoms. The van der Waals surface area contributed by atoms with Gasteiger partial charge in [-0.05, 0) is 30.7 Å². The summed E-state index contributed by atoms with van der Waals surface area (Å²) in [6, 6.07) is 1.78. The molecule has 9 heteroatoms. The Morgan fingerprint density at radius 1 is 1.19 bits per heavy atom. The molecule has 138 valence electrons. The van der Waals surface area contributed by atoms with Gasteiger partial charge in [0, 0.05) is 30.8 Å². The fraction of sp³-hybridized carbons (Fsp3) is 0.471. The summed E-state index contributed by atoms with van der Waals surface area (Å²) in [5.74, 6) is 1.21. The van der Waals surface area contributed by atoms with Gasteiger partial charge in [-0.25, -0.2) is 15.0 Å². The molecule has 2 aromatic heterocycles. The second kappa shape index (κ2) is 7.38. The van der Waals surface area contributed by atoms with Crippen molar-refractivity contribution in [2.45, 2.75) is 29.2 Å². The van der Waals surface area contributed by atoms with Crippen LogP contribution >= 0.6 is 35.0 Å². The van der Waals surface area contributed by atoms with E-state index in [0.717, 1.165) is 49.9 Å². The molecule has 0 radical (unpaired) electrons. The fourth-order valence-corrected chi connectivity index (χ4v) is 4.67. The lowest BCUT2D eigenvalue weighted by Crippen LogP contribution is -2.41. The minimum atomic E-state index is 0.262. The number of aromatic nitrogens is 3. The van der Waals surface area contributed by atoms with Crippen molar-refractivity contribution in [3.63, 3.8) is 0 Å². The summed E-state index contributed by atoms with van der Waals surface area (Å²) in [4.78, 5) is 16.0. The molecule has 2 aromatic rings. The molecule has 2 aliphatic heterocycles. The number of pyridine rings is 1. The first-order valence-corrected chi connectivity index (χ1v) is 10.1. The van der Waals surface area contributed by atoms with E-state index in [1.807, 2.05) is 0 Å². The quantitative estimate of drug-likeness (QED) is 0.766. The number of ether oxygens (including phenoxy) is 1. The van der Waals surface area contributed by atoms with Crippen molar-refractivity contribution in [3.05, 3.63) is 28.6 Å². The van der Waals surface area contributed by atoms with Crippen molar-refractivity contribution in [1.82, 2.24) is 15.0 Å². The van der Waals surface area contributed by atoms with Gasteiger partial charge in [0.1, 0.15) is 16.0 Å². The molecule has 0 unspecified atom stereocenters. The number of nitrogens with two attached hydrogens (primary N) is 1. The van der Waals surface area contributed by atoms with Crippen molar-refractivity contribution < 1.29 is 4.74 Å². The summed E-state index contributed by atoms with van der Waals surface area (Å²) in [5.41, 5.74) is 6.51. The van der Waals surface area contributed by atoms with E-state index in [1.54, 1.807) is 18.5 Å². The fourth-order valence-electron chi connectivity index (χ4n) is 3.45. The van der Waals surface area contributed by atoms with Crippen LogP contribution in [0.25, 0.3) is 0 Å². The largest absolute Gasteiger partial charge is 0.381 e. The van der Waals surface area contributed by atoms with Crippen LogP contribution < -0.4 is 10.6 Å². The number of anilines is 2. The van der Waals surface area contributed by atoms with Crippen LogP contribution in [0.2, 0.25) is 10.2 Å². The van der Waals surface area contributed by atoms with E-state index < -0.39 is 0 Å². The van der Waals surface area contributed by atoms with Gasteiger partial charge in [0.25, 0.3) is 0 Å². The van der Waals surface area contributed by atoms with Crippen LogP contribution in [-0.4, -0.2) is 41.3 Å². The van der Waals surface area contributed by atoms with Crippen LogP contribution in [-0.2, 0) is 4.74 Å². The molecule has 2 fully saturated rings. The molecular weight excluding hydrogens is 393 g/mol. The van der Waals surface area contributed by atoms with Gasteiger partial charge in [0.05, 0.1) is 17.8 Å². The average molecular weight is 412 g/mol. The van der Waals surface area contributed by atoms with Crippen LogP contribution in [0.4, 0.5) is 11.6 Å². The lowest BCUT2D eigenvalue weighted by atomic mass is 9.78. The van der Waals surface area contributed by atoms with Crippen molar-refractivity contribution in [2.24, 2.45) is 5.41 Å². The van der Waals surface area contributed by atoms with Gasteiger partial charge in [-0.2, -0.15) is 0 Å². The average Bonchev–Trinajstić information content (AvgIpc) is 3.09. The number of piperidine rings is 1. The van der Waals surface area contributed by atoms with Crippen molar-refractivity contribution in [1.29, 1.82) is 0 Å². The Kier molecular flexibility index (Phi) is 5.14. The zero-order valence-corrected chi connectivity index (χ0v) is 16.4. The first-order chi connectivity index (χ1) is 12.6. The Morgan fingerprint density at radius 3 is 2.69 bits per heavy atom. The van der Waals surface area contributed by atoms with Crippen LogP contribution in [0.1, 0.15) is 19.3 Å². The first kappa shape index (κ1) is 18.1. The molecular formula is C17H19Cl2N5OS. The second-order valence-electron chi connectivity index (χ2n) is 6.72. The predicted molar refractivity (Wildman–Crippen MR) is 104 cm³/mol. The minimum Gasteiger partial charge on any atom is -0.381 e. The highest BCUT2D eigenvalue weighted by molar-refractivity contribution is 7.99. The Bertz CT molecular complexity index is 806. The maximum absolute atomic E-state index is 6.19. The van der Waals surface area contributed by atoms with Crippen LogP contribution in [0.5, 0.6) is 0 Å². The molecule has 2 N–H and O–H groups in total. The number of rotatable bonds is 3. The number of hydrogen-bond donors (Lipinski definition) is 1. The summed E-state index contributed by atoms with van der Waals surface area (Å²) in [5, 5.41) is 1.26. The molecule has 4 rings (SSSR count). The minimum absolute atomic E-state index is 0.262. The monoisotopic (exact) mass is 411 g/mol. The van der Waals surface area contributed by atoms with Crippen LogP contribution in [0.3, 0.4) is 0 Å². The van der Waals surface area contributed by atoms with Gasteiger partial charge < -0.3 is 15.4 Å². The normalized spacial score (nSPS) is 19.2. The molecule has 0 atom stereocenters. The number of halogens is 2. The van der Waals surface area contributed by atoms with Gasteiger partial charge in [-0.1, -0.05) is 35.0 Å². The van der Waals surface area contributed by atoms with Crippen molar-refractivity contribution >= 4 is 46.6 Å². The highest BCUT2D eigenvalue weighted by Gasteiger charge is 2.38. The van der Waals surface area contributed by atoms with Crippen molar-refractivity contribution in [3.8, 4) is 0 Å². The predicted octanol–water partition coefficient (Wildman–Crippen LogP) is 3.92. The van der Waals surface area contributed by atoms with E-state index in [2.05, 4.69) is 19.9 Å². The van der Waals surface area contributed by atoms with Gasteiger partial charge >= 0.3 is 0 Å². The molecule has 0 aromatic carbocycles. The summed E-state index contributed by atoms with van der Waals surface area (Å²) in [6.07, 6.45) is 6.79. The van der Waals surface area contributed by atoms with E-state index in [1.165, 1.54) is 18.2 Å². The SMILES string of the molecule is Nc1nc(N2CCC3(CCOC3)CC2)cnc1Sc1ccnc(Cl)c1Cl. The lowest BCUT2D eigenvalue weighted by Gasteiger charge is -2.38. The van der Waals surface area contributed by atoms with Gasteiger partial charge in [-0.3, -0.25) is 0 Å². The Labute approximate surface area is 166 Å². The lowest BCUT2D eigenvalue weighted by molar-refractivity contribution is 0.133. The molecule has 26 heavy (non-hydrogen) atoms. The van der Waals surface area contributed by atoms with E-state index in [0.29, 0.717) is 21.3 Å². The topological polar surface area (TPSA) is 77.2 Å². The van der Waals surface area contributed by atoms with Crippen molar-refractivity contribution in [2.75, 3.05) is 36.9 Å².